The maximum absolute atomic E-state index is 6.19. The predicted octanol–water partition coefficient (Wildman–Crippen LogP) is 5.57. The number of benzene rings is 1. The van der Waals surface area contributed by atoms with Crippen LogP contribution in [0.1, 0.15) is 39.5 Å². The summed E-state index contributed by atoms with van der Waals surface area (Å²) >= 11 is 8.47. The van der Waals surface area contributed by atoms with Crippen LogP contribution in [0.3, 0.4) is 0 Å². The summed E-state index contributed by atoms with van der Waals surface area (Å²) in [5.41, 5.74) is 1.06. The number of nitrogens with one attached hydrogen (secondary N) is 1. The lowest BCUT2D eigenvalue weighted by Crippen LogP contribution is -2.13. The second-order valence-electron chi connectivity index (χ2n) is 4.42. The zero-order valence-electron chi connectivity index (χ0n) is 10.6. The monoisotopic (exact) mass is 365 g/mol. The summed E-state index contributed by atoms with van der Waals surface area (Å²) in [4.78, 5) is 0. The quantitative estimate of drug-likeness (QED) is 0.623. The van der Waals surface area contributed by atoms with Crippen molar-refractivity contribution in [1.29, 1.82) is 0 Å². The molecule has 0 aromatic heterocycles. The van der Waals surface area contributed by atoms with Crippen LogP contribution in [-0.4, -0.2) is 6.54 Å². The molecule has 0 saturated heterocycles. The lowest BCUT2D eigenvalue weighted by atomic mass is 9.99. The molecule has 1 atom stereocenters. The third kappa shape index (κ3) is 5.47. The minimum absolute atomic E-state index is 0.755. The second kappa shape index (κ2) is 8.20. The van der Waals surface area contributed by atoms with Crippen LogP contribution in [0.25, 0.3) is 0 Å². The van der Waals surface area contributed by atoms with E-state index in [1.807, 2.05) is 6.07 Å². The Morgan fingerprint density at radius 1 is 1.35 bits per heavy atom. The molecule has 0 aliphatic heterocycles. The first kappa shape index (κ1) is 15.1. The molecule has 0 heterocycles. The van der Waals surface area contributed by atoms with E-state index in [4.69, 9.17) is 11.6 Å². The van der Waals surface area contributed by atoms with E-state index in [9.17, 15) is 0 Å². The van der Waals surface area contributed by atoms with Crippen LogP contribution in [0.4, 0.5) is 5.69 Å². The molecule has 1 N–H and O–H groups in total. The van der Waals surface area contributed by atoms with E-state index in [2.05, 4.69) is 53.9 Å². The summed E-state index contributed by atoms with van der Waals surface area (Å²) < 4.78 is 1.18. The van der Waals surface area contributed by atoms with E-state index in [-0.39, 0.29) is 0 Å². The fraction of sp³-hybridized carbons (Fsp3) is 0.571. The number of halogens is 2. The van der Waals surface area contributed by atoms with E-state index >= 15 is 0 Å². The summed E-state index contributed by atoms with van der Waals surface area (Å²) in [5.74, 6) is 0.755. The average molecular weight is 366 g/mol. The van der Waals surface area contributed by atoms with Crippen molar-refractivity contribution < 1.29 is 0 Å². The maximum atomic E-state index is 6.19. The molecule has 0 radical (unpaired) electrons. The highest BCUT2D eigenvalue weighted by Crippen LogP contribution is 2.24. The van der Waals surface area contributed by atoms with Crippen LogP contribution in [0, 0.1) is 9.49 Å². The van der Waals surface area contributed by atoms with E-state index in [1.165, 1.54) is 29.3 Å². The predicted molar refractivity (Wildman–Crippen MR) is 86.0 cm³/mol. The first-order chi connectivity index (χ1) is 8.17. The summed E-state index contributed by atoms with van der Waals surface area (Å²) in [5, 5.41) is 4.29. The molecule has 17 heavy (non-hydrogen) atoms. The third-order valence-electron chi connectivity index (χ3n) is 3.06. The van der Waals surface area contributed by atoms with Gasteiger partial charge in [-0.15, -0.1) is 0 Å². The van der Waals surface area contributed by atoms with Crippen LogP contribution in [0.5, 0.6) is 0 Å². The van der Waals surface area contributed by atoms with Crippen molar-refractivity contribution in [3.8, 4) is 0 Å². The van der Waals surface area contributed by atoms with E-state index in [0.29, 0.717) is 0 Å². The van der Waals surface area contributed by atoms with Crippen LogP contribution < -0.4 is 5.32 Å². The molecule has 0 bridgehead atoms. The van der Waals surface area contributed by atoms with Crippen molar-refractivity contribution >= 4 is 39.9 Å². The van der Waals surface area contributed by atoms with E-state index in [0.717, 1.165) is 23.2 Å². The first-order valence-electron chi connectivity index (χ1n) is 6.36. The van der Waals surface area contributed by atoms with Gasteiger partial charge in [0.15, 0.2) is 0 Å². The van der Waals surface area contributed by atoms with Gasteiger partial charge < -0.3 is 5.32 Å². The molecule has 1 aromatic rings. The molecule has 96 valence electrons. The molecule has 0 spiro atoms. The zero-order valence-corrected chi connectivity index (χ0v) is 13.5. The lowest BCUT2D eigenvalue weighted by Gasteiger charge is -2.16. The summed E-state index contributed by atoms with van der Waals surface area (Å²) in [6.45, 7) is 5.53. The zero-order chi connectivity index (χ0) is 12.7. The number of anilines is 1. The van der Waals surface area contributed by atoms with Crippen LogP contribution in [-0.2, 0) is 0 Å². The fourth-order valence-corrected chi connectivity index (χ4v) is 2.75. The standard InChI is InChI=1S/C14H21ClIN/c1-3-5-6-11(4-2)10-17-14-8-7-12(16)9-13(14)15/h7-9,11,17H,3-6,10H2,1-2H3. The Morgan fingerprint density at radius 2 is 2.12 bits per heavy atom. The highest BCUT2D eigenvalue weighted by atomic mass is 127. The number of hydrogen-bond donors (Lipinski definition) is 1. The van der Waals surface area contributed by atoms with Gasteiger partial charge in [-0.05, 0) is 53.1 Å². The van der Waals surface area contributed by atoms with E-state index < -0.39 is 0 Å². The van der Waals surface area contributed by atoms with Gasteiger partial charge in [0, 0.05) is 10.1 Å². The highest BCUT2D eigenvalue weighted by Gasteiger charge is 2.07. The molecular formula is C14H21ClIN. The average Bonchev–Trinajstić information content (AvgIpc) is 2.31. The van der Waals surface area contributed by atoms with E-state index in [1.54, 1.807) is 0 Å². The van der Waals surface area contributed by atoms with Crippen molar-refractivity contribution in [2.45, 2.75) is 39.5 Å². The molecule has 3 heteroatoms. The van der Waals surface area contributed by atoms with Crippen molar-refractivity contribution in [3.05, 3.63) is 26.8 Å². The summed E-state index contributed by atoms with van der Waals surface area (Å²) in [6, 6.07) is 6.15. The van der Waals surface area contributed by atoms with Crippen LogP contribution in [0.2, 0.25) is 5.02 Å². The maximum Gasteiger partial charge on any atom is 0.0648 e. The normalized spacial score (nSPS) is 12.5. The van der Waals surface area contributed by atoms with Gasteiger partial charge in [-0.3, -0.25) is 0 Å². The molecule has 1 rings (SSSR count). The van der Waals surface area contributed by atoms with Crippen LogP contribution >= 0.6 is 34.2 Å². The Hall–Kier alpha value is 0.0400. The molecule has 1 unspecified atom stereocenters. The van der Waals surface area contributed by atoms with Crippen molar-refractivity contribution in [1.82, 2.24) is 0 Å². The van der Waals surface area contributed by atoms with Gasteiger partial charge >= 0.3 is 0 Å². The molecule has 0 fully saturated rings. The Kier molecular flexibility index (Phi) is 7.28. The Labute approximate surface area is 123 Å². The van der Waals surface area contributed by atoms with Crippen LogP contribution in [0.15, 0.2) is 18.2 Å². The largest absolute Gasteiger partial charge is 0.384 e. The Bertz CT molecular complexity index is 341. The molecule has 0 aliphatic rings. The number of unbranched alkanes of at least 4 members (excludes halogenated alkanes) is 1. The topological polar surface area (TPSA) is 12.0 Å². The first-order valence-corrected chi connectivity index (χ1v) is 7.82. The van der Waals surface area contributed by atoms with Crippen molar-refractivity contribution in [2.24, 2.45) is 5.92 Å². The lowest BCUT2D eigenvalue weighted by molar-refractivity contribution is 0.473. The van der Waals surface area contributed by atoms with Gasteiger partial charge in [0.05, 0.1) is 10.7 Å². The SMILES string of the molecule is CCCCC(CC)CNc1ccc(I)cc1Cl. The summed E-state index contributed by atoms with van der Waals surface area (Å²) in [6.07, 6.45) is 5.14. The van der Waals surface area contributed by atoms with Crippen molar-refractivity contribution in [2.75, 3.05) is 11.9 Å². The van der Waals surface area contributed by atoms with Gasteiger partial charge in [0.1, 0.15) is 0 Å². The Balaban J connectivity index is 2.47. The van der Waals surface area contributed by atoms with Gasteiger partial charge in [-0.2, -0.15) is 0 Å². The smallest absolute Gasteiger partial charge is 0.0648 e. The summed E-state index contributed by atoms with van der Waals surface area (Å²) in [7, 11) is 0. The molecule has 1 aromatic carbocycles. The van der Waals surface area contributed by atoms with Gasteiger partial charge in [-0.25, -0.2) is 0 Å². The number of rotatable bonds is 7. The third-order valence-corrected chi connectivity index (χ3v) is 4.04. The molecule has 0 saturated carbocycles. The molecular weight excluding hydrogens is 345 g/mol. The second-order valence-corrected chi connectivity index (χ2v) is 6.07. The molecule has 1 nitrogen and oxygen atoms in total. The number of hydrogen-bond acceptors (Lipinski definition) is 1. The fourth-order valence-electron chi connectivity index (χ4n) is 1.83. The van der Waals surface area contributed by atoms with Gasteiger partial charge in [0.25, 0.3) is 0 Å². The minimum atomic E-state index is 0.755. The van der Waals surface area contributed by atoms with Gasteiger partial charge in [0.2, 0.25) is 0 Å². The molecule has 0 aliphatic carbocycles. The Morgan fingerprint density at radius 3 is 2.71 bits per heavy atom. The van der Waals surface area contributed by atoms with Crippen molar-refractivity contribution in [3.63, 3.8) is 0 Å². The van der Waals surface area contributed by atoms with Gasteiger partial charge in [-0.1, -0.05) is 44.7 Å². The minimum Gasteiger partial charge on any atom is -0.384 e. The highest BCUT2D eigenvalue weighted by molar-refractivity contribution is 14.1. The molecule has 0 amide bonds.